The minimum absolute atomic E-state index is 0.0290. The van der Waals surface area contributed by atoms with Crippen molar-refractivity contribution in [3.05, 3.63) is 114 Å². The van der Waals surface area contributed by atoms with Crippen LogP contribution in [0.5, 0.6) is 11.5 Å². The molecule has 6 rings (SSSR count). The summed E-state index contributed by atoms with van der Waals surface area (Å²) in [4.78, 5) is 27.4. The van der Waals surface area contributed by atoms with E-state index in [1.807, 2.05) is 74.5 Å². The SMILES string of the molecule is CC(C)C(=O)Nc1ccc(Oc2ccc(NC(=O)c3ccc(-n4cc(CN5CCCC5)c5ccccc54)cc3)cc2)cc1. The molecule has 2 amide bonds. The molecule has 43 heavy (non-hydrogen) atoms. The number of carbonyl (C=O) groups is 2. The van der Waals surface area contributed by atoms with Crippen LogP contribution >= 0.6 is 0 Å². The molecule has 2 heterocycles. The molecule has 0 bridgehead atoms. The molecular formula is C36H36N4O3. The van der Waals surface area contributed by atoms with Crippen LogP contribution in [0.3, 0.4) is 0 Å². The van der Waals surface area contributed by atoms with Crippen LogP contribution in [-0.2, 0) is 11.3 Å². The number of benzene rings is 4. The van der Waals surface area contributed by atoms with Crippen molar-refractivity contribution in [1.82, 2.24) is 9.47 Å². The number of ether oxygens (including phenoxy) is 1. The Bertz CT molecular complexity index is 1720. The Morgan fingerprint density at radius 3 is 2.00 bits per heavy atom. The van der Waals surface area contributed by atoms with Crippen molar-refractivity contribution in [2.75, 3.05) is 23.7 Å². The lowest BCUT2D eigenvalue weighted by molar-refractivity contribution is -0.118. The van der Waals surface area contributed by atoms with E-state index in [-0.39, 0.29) is 17.7 Å². The van der Waals surface area contributed by atoms with Gasteiger partial charge in [0.1, 0.15) is 11.5 Å². The summed E-state index contributed by atoms with van der Waals surface area (Å²) < 4.78 is 8.14. The molecule has 0 radical (unpaired) electrons. The summed E-state index contributed by atoms with van der Waals surface area (Å²) in [6.45, 7) is 6.99. The first kappa shape index (κ1) is 28.2. The molecule has 7 nitrogen and oxygen atoms in total. The molecule has 4 aromatic carbocycles. The third-order valence-corrected chi connectivity index (χ3v) is 7.79. The maximum Gasteiger partial charge on any atom is 0.255 e. The Morgan fingerprint density at radius 2 is 1.37 bits per heavy atom. The van der Waals surface area contributed by atoms with Gasteiger partial charge in [-0.25, -0.2) is 0 Å². The predicted molar refractivity (Wildman–Crippen MR) is 172 cm³/mol. The van der Waals surface area contributed by atoms with Crippen molar-refractivity contribution in [2.45, 2.75) is 33.2 Å². The summed E-state index contributed by atoms with van der Waals surface area (Å²) in [6, 6.07) is 30.7. The van der Waals surface area contributed by atoms with Gasteiger partial charge in [-0.15, -0.1) is 0 Å². The number of anilines is 2. The second-order valence-electron chi connectivity index (χ2n) is 11.3. The highest BCUT2D eigenvalue weighted by Crippen LogP contribution is 2.28. The van der Waals surface area contributed by atoms with E-state index in [4.69, 9.17) is 4.74 Å². The van der Waals surface area contributed by atoms with Crippen LogP contribution < -0.4 is 15.4 Å². The molecule has 218 valence electrons. The zero-order chi connectivity index (χ0) is 29.8. The minimum Gasteiger partial charge on any atom is -0.457 e. The lowest BCUT2D eigenvalue weighted by atomic mass is 10.1. The predicted octanol–water partition coefficient (Wildman–Crippen LogP) is 7.87. The second-order valence-corrected chi connectivity index (χ2v) is 11.3. The van der Waals surface area contributed by atoms with Crippen LogP contribution in [-0.4, -0.2) is 34.4 Å². The fourth-order valence-corrected chi connectivity index (χ4v) is 5.38. The van der Waals surface area contributed by atoms with E-state index in [1.54, 1.807) is 12.1 Å². The molecule has 0 spiro atoms. The van der Waals surface area contributed by atoms with Crippen LogP contribution in [0.25, 0.3) is 16.6 Å². The summed E-state index contributed by atoms with van der Waals surface area (Å²) in [5.41, 5.74) is 5.51. The van der Waals surface area contributed by atoms with Crippen LogP contribution in [0.2, 0.25) is 0 Å². The first-order chi connectivity index (χ1) is 20.9. The summed E-state index contributed by atoms with van der Waals surface area (Å²) in [7, 11) is 0. The molecule has 5 aromatic rings. The summed E-state index contributed by atoms with van der Waals surface area (Å²) in [5.74, 6) is 1.00. The maximum atomic E-state index is 13.0. The van der Waals surface area contributed by atoms with Gasteiger partial charge in [-0.2, -0.15) is 0 Å². The van der Waals surface area contributed by atoms with Crippen LogP contribution in [0.4, 0.5) is 11.4 Å². The van der Waals surface area contributed by atoms with E-state index in [2.05, 4.69) is 50.6 Å². The van der Waals surface area contributed by atoms with Gasteiger partial charge in [0, 0.05) is 46.7 Å². The summed E-state index contributed by atoms with van der Waals surface area (Å²) in [5, 5.41) is 7.11. The zero-order valence-corrected chi connectivity index (χ0v) is 24.5. The molecule has 0 unspecified atom stereocenters. The smallest absolute Gasteiger partial charge is 0.255 e. The van der Waals surface area contributed by atoms with Gasteiger partial charge in [-0.05, 0) is 110 Å². The molecule has 0 aliphatic carbocycles. The molecule has 1 fully saturated rings. The van der Waals surface area contributed by atoms with Crippen molar-refractivity contribution < 1.29 is 14.3 Å². The zero-order valence-electron chi connectivity index (χ0n) is 24.5. The van der Waals surface area contributed by atoms with Gasteiger partial charge in [0.2, 0.25) is 5.91 Å². The van der Waals surface area contributed by atoms with E-state index >= 15 is 0 Å². The van der Waals surface area contributed by atoms with Gasteiger partial charge in [-0.3, -0.25) is 14.5 Å². The number of rotatable bonds is 9. The molecule has 1 saturated heterocycles. The average molecular weight is 573 g/mol. The van der Waals surface area contributed by atoms with Crippen LogP contribution in [0, 0.1) is 5.92 Å². The molecule has 7 heteroatoms. The number of likely N-dealkylation sites (tertiary alicyclic amines) is 1. The molecular weight excluding hydrogens is 536 g/mol. The fraction of sp³-hybridized carbons (Fsp3) is 0.222. The van der Waals surface area contributed by atoms with Gasteiger partial charge < -0.3 is 19.9 Å². The monoisotopic (exact) mass is 572 g/mol. The quantitative estimate of drug-likeness (QED) is 0.189. The van der Waals surface area contributed by atoms with E-state index in [0.29, 0.717) is 22.7 Å². The number of hydrogen-bond acceptors (Lipinski definition) is 4. The third kappa shape index (κ3) is 6.63. The van der Waals surface area contributed by atoms with Crippen molar-refractivity contribution in [2.24, 2.45) is 5.92 Å². The molecule has 1 aliphatic heterocycles. The van der Waals surface area contributed by atoms with Gasteiger partial charge >= 0.3 is 0 Å². The van der Waals surface area contributed by atoms with Gasteiger partial charge in [0.25, 0.3) is 5.91 Å². The van der Waals surface area contributed by atoms with Crippen molar-refractivity contribution in [1.29, 1.82) is 0 Å². The Labute approximate surface area is 252 Å². The van der Waals surface area contributed by atoms with Gasteiger partial charge in [0.05, 0.1) is 5.52 Å². The normalized spacial score (nSPS) is 13.4. The van der Waals surface area contributed by atoms with E-state index in [1.165, 1.54) is 29.3 Å². The topological polar surface area (TPSA) is 75.6 Å². The highest BCUT2D eigenvalue weighted by molar-refractivity contribution is 6.04. The molecule has 1 aliphatic rings. The fourth-order valence-electron chi connectivity index (χ4n) is 5.38. The van der Waals surface area contributed by atoms with Crippen molar-refractivity contribution in [3.8, 4) is 17.2 Å². The maximum absolute atomic E-state index is 13.0. The second kappa shape index (κ2) is 12.5. The van der Waals surface area contributed by atoms with E-state index in [9.17, 15) is 9.59 Å². The minimum atomic E-state index is -0.175. The molecule has 0 saturated carbocycles. The largest absolute Gasteiger partial charge is 0.457 e. The first-order valence-electron chi connectivity index (χ1n) is 14.8. The lowest BCUT2D eigenvalue weighted by Crippen LogP contribution is -2.18. The summed E-state index contributed by atoms with van der Waals surface area (Å²) >= 11 is 0. The number of nitrogens with zero attached hydrogens (tertiary/aromatic N) is 2. The number of para-hydroxylation sites is 1. The Balaban J connectivity index is 1.09. The summed E-state index contributed by atoms with van der Waals surface area (Å²) in [6.07, 6.45) is 4.78. The highest BCUT2D eigenvalue weighted by Gasteiger charge is 2.16. The van der Waals surface area contributed by atoms with Gasteiger partial charge in [0.15, 0.2) is 0 Å². The standard InChI is InChI=1S/C36H36N4O3/c1-25(2)35(41)37-28-11-17-31(18-12-28)43-32-19-13-29(14-20-32)38-36(42)26-9-15-30(16-10-26)40-24-27(23-39-21-5-6-22-39)33-7-3-4-8-34(33)40/h3-4,7-20,24-25H,5-6,21-23H2,1-2H3,(H,37,41)(H,38,42). The highest BCUT2D eigenvalue weighted by atomic mass is 16.5. The molecule has 2 N–H and O–H groups in total. The number of aromatic nitrogens is 1. The van der Waals surface area contributed by atoms with Crippen LogP contribution in [0.15, 0.2) is 103 Å². The average Bonchev–Trinajstić information content (AvgIpc) is 3.67. The van der Waals surface area contributed by atoms with E-state index in [0.717, 1.165) is 31.0 Å². The van der Waals surface area contributed by atoms with Gasteiger partial charge in [-0.1, -0.05) is 32.0 Å². The Kier molecular flexibility index (Phi) is 8.24. The number of nitrogens with one attached hydrogen (secondary N) is 2. The number of hydrogen-bond donors (Lipinski definition) is 2. The lowest BCUT2D eigenvalue weighted by Gasteiger charge is -2.13. The van der Waals surface area contributed by atoms with Crippen molar-refractivity contribution >= 4 is 34.1 Å². The molecule has 0 atom stereocenters. The number of amides is 2. The third-order valence-electron chi connectivity index (χ3n) is 7.79. The van der Waals surface area contributed by atoms with Crippen molar-refractivity contribution in [3.63, 3.8) is 0 Å². The number of carbonyl (C=O) groups excluding carboxylic acids is 2. The molecule has 1 aromatic heterocycles. The van der Waals surface area contributed by atoms with Crippen LogP contribution in [0.1, 0.15) is 42.6 Å². The first-order valence-corrected chi connectivity index (χ1v) is 14.8. The van der Waals surface area contributed by atoms with E-state index < -0.39 is 0 Å². The Hall–Kier alpha value is -4.88. The number of fused-ring (bicyclic) bond motifs is 1. The Morgan fingerprint density at radius 1 is 0.767 bits per heavy atom.